The lowest BCUT2D eigenvalue weighted by Crippen LogP contribution is -2.33. The number of carbonyl (C=O) groups excluding carboxylic acids is 2. The molecule has 4 rings (SSSR count). The van der Waals surface area contributed by atoms with Crippen LogP contribution >= 0.6 is 0 Å². The molecule has 142 valence electrons. The maximum atomic E-state index is 13.0. The van der Waals surface area contributed by atoms with Gasteiger partial charge in [-0.3, -0.25) is 9.89 Å². The molecule has 1 aliphatic rings. The third kappa shape index (κ3) is 3.11. The molecule has 3 amide bonds. The highest BCUT2D eigenvalue weighted by Gasteiger charge is 2.43. The van der Waals surface area contributed by atoms with Crippen LogP contribution in [0.4, 0.5) is 10.5 Å². The Labute approximate surface area is 162 Å². The van der Waals surface area contributed by atoms with Crippen molar-refractivity contribution in [1.29, 1.82) is 0 Å². The molecular weight excluding hydrogens is 356 g/mol. The normalized spacial score (nSPS) is 16.7. The lowest BCUT2D eigenvalue weighted by Gasteiger charge is -2.19. The zero-order valence-electron chi connectivity index (χ0n) is 15.6. The van der Waals surface area contributed by atoms with Crippen LogP contribution in [0.5, 0.6) is 5.75 Å². The van der Waals surface area contributed by atoms with Crippen LogP contribution in [0, 0.1) is 0 Å². The Balaban J connectivity index is 1.57. The molecule has 0 spiro atoms. The van der Waals surface area contributed by atoms with Crippen LogP contribution in [0.3, 0.4) is 0 Å². The van der Waals surface area contributed by atoms with E-state index in [2.05, 4.69) is 10.2 Å². The summed E-state index contributed by atoms with van der Waals surface area (Å²) in [6, 6.07) is 13.9. The molecule has 0 aliphatic carbocycles. The van der Waals surface area contributed by atoms with E-state index in [4.69, 9.17) is 4.74 Å². The van der Waals surface area contributed by atoms with Gasteiger partial charge in [-0.15, -0.1) is 0 Å². The number of rotatable bonds is 5. The van der Waals surface area contributed by atoms with Gasteiger partial charge >= 0.3 is 6.03 Å². The van der Waals surface area contributed by atoms with E-state index in [9.17, 15) is 9.59 Å². The Bertz CT molecular complexity index is 999. The first-order valence-electron chi connectivity index (χ1n) is 8.95. The number of amides is 3. The summed E-state index contributed by atoms with van der Waals surface area (Å²) in [6.45, 7) is 2.09. The lowest BCUT2D eigenvalue weighted by atomic mass is 10.1. The Kier molecular flexibility index (Phi) is 4.57. The molecule has 1 saturated heterocycles. The molecule has 0 saturated carbocycles. The number of methoxy groups -OCH3 is 1. The van der Waals surface area contributed by atoms with E-state index < -0.39 is 6.04 Å². The third-order valence-corrected chi connectivity index (χ3v) is 4.93. The lowest BCUT2D eigenvalue weighted by molar-refractivity contribution is -0.119. The van der Waals surface area contributed by atoms with Gasteiger partial charge < -0.3 is 9.64 Å². The van der Waals surface area contributed by atoms with Gasteiger partial charge in [0.1, 0.15) is 11.8 Å². The number of nitrogens with one attached hydrogen (secondary N) is 1. The summed E-state index contributed by atoms with van der Waals surface area (Å²) < 4.78 is 5.24. The molecule has 1 fully saturated rings. The number of imide groups is 1. The van der Waals surface area contributed by atoms with E-state index in [1.54, 1.807) is 43.5 Å². The number of aromatic amines is 1. The minimum absolute atomic E-state index is 0.232. The number of hydrogen-bond donors (Lipinski definition) is 1. The van der Waals surface area contributed by atoms with Crippen molar-refractivity contribution < 1.29 is 14.3 Å². The molecule has 3 aromatic rings. The van der Waals surface area contributed by atoms with Crippen molar-refractivity contribution in [3.05, 3.63) is 66.5 Å². The molecule has 28 heavy (non-hydrogen) atoms. The molecule has 7 heteroatoms. The molecular formula is C21H20N4O3. The Morgan fingerprint density at radius 1 is 1.11 bits per heavy atom. The number of H-pyrrole nitrogens is 1. The fourth-order valence-corrected chi connectivity index (χ4v) is 3.33. The van der Waals surface area contributed by atoms with Gasteiger partial charge in [-0.2, -0.15) is 5.10 Å². The minimum atomic E-state index is -0.535. The van der Waals surface area contributed by atoms with Crippen molar-refractivity contribution in [3.63, 3.8) is 0 Å². The molecule has 0 radical (unpaired) electrons. The first-order valence-corrected chi connectivity index (χ1v) is 8.95. The summed E-state index contributed by atoms with van der Waals surface area (Å²) >= 11 is 0. The Morgan fingerprint density at radius 3 is 2.57 bits per heavy atom. The predicted molar refractivity (Wildman–Crippen MR) is 105 cm³/mol. The molecule has 1 atom stereocenters. The van der Waals surface area contributed by atoms with Crippen LogP contribution in [0.2, 0.25) is 0 Å². The van der Waals surface area contributed by atoms with Crippen LogP contribution in [-0.2, 0) is 11.3 Å². The number of aromatic nitrogens is 2. The van der Waals surface area contributed by atoms with Crippen LogP contribution < -0.4 is 9.64 Å². The van der Waals surface area contributed by atoms with Gasteiger partial charge in [-0.05, 0) is 42.3 Å². The SMILES string of the molecule is COc1cccc(CN2C(=O)N(c3ccc(-c4cn[nH]c4)cc3)C(=O)C2C)c1. The topological polar surface area (TPSA) is 78.5 Å². The van der Waals surface area contributed by atoms with E-state index >= 15 is 0 Å². The van der Waals surface area contributed by atoms with Crippen LogP contribution in [0.15, 0.2) is 60.9 Å². The number of anilines is 1. The minimum Gasteiger partial charge on any atom is -0.497 e. The summed E-state index contributed by atoms with van der Waals surface area (Å²) in [6.07, 6.45) is 3.51. The second kappa shape index (κ2) is 7.19. The van der Waals surface area contributed by atoms with Crippen LogP contribution in [-0.4, -0.2) is 40.2 Å². The van der Waals surface area contributed by atoms with E-state index in [1.165, 1.54) is 4.90 Å². The zero-order valence-corrected chi connectivity index (χ0v) is 15.6. The largest absolute Gasteiger partial charge is 0.497 e. The summed E-state index contributed by atoms with van der Waals surface area (Å²) in [5, 5.41) is 6.71. The standard InChI is InChI=1S/C21H20N4O3/c1-14-20(26)25(18-8-6-16(7-9-18)17-11-22-23-12-17)21(27)24(14)13-15-4-3-5-19(10-15)28-2/h3-12,14H,13H2,1-2H3,(H,22,23). The highest BCUT2D eigenvalue weighted by Crippen LogP contribution is 2.29. The summed E-state index contributed by atoms with van der Waals surface area (Å²) in [5.41, 5.74) is 3.36. The van der Waals surface area contributed by atoms with Gasteiger partial charge in [0.2, 0.25) is 0 Å². The van der Waals surface area contributed by atoms with Crippen molar-refractivity contribution in [2.24, 2.45) is 0 Å². The zero-order chi connectivity index (χ0) is 19.7. The van der Waals surface area contributed by atoms with Gasteiger partial charge in [-0.1, -0.05) is 24.3 Å². The number of nitrogens with zero attached hydrogens (tertiary/aromatic N) is 3. The second-order valence-corrected chi connectivity index (χ2v) is 6.65. The van der Waals surface area contributed by atoms with Crippen LogP contribution in [0.25, 0.3) is 11.1 Å². The fraction of sp³-hybridized carbons (Fsp3) is 0.190. The molecule has 7 nitrogen and oxygen atoms in total. The molecule has 1 aromatic heterocycles. The van der Waals surface area contributed by atoms with E-state index in [-0.39, 0.29) is 11.9 Å². The quantitative estimate of drug-likeness (QED) is 0.692. The molecule has 2 heterocycles. The molecule has 1 N–H and O–H groups in total. The molecule has 2 aromatic carbocycles. The number of urea groups is 1. The number of hydrogen-bond acceptors (Lipinski definition) is 4. The average Bonchev–Trinajstić information content (AvgIpc) is 3.33. The van der Waals surface area contributed by atoms with Gasteiger partial charge in [0.25, 0.3) is 5.91 Å². The summed E-state index contributed by atoms with van der Waals surface area (Å²) in [4.78, 5) is 28.6. The van der Waals surface area contributed by atoms with Crippen molar-refractivity contribution in [2.45, 2.75) is 19.5 Å². The van der Waals surface area contributed by atoms with Gasteiger partial charge in [0.15, 0.2) is 0 Å². The maximum absolute atomic E-state index is 13.0. The van der Waals surface area contributed by atoms with E-state index in [0.29, 0.717) is 12.2 Å². The predicted octanol–water partition coefficient (Wildman–Crippen LogP) is 3.44. The number of benzene rings is 2. The van der Waals surface area contributed by atoms with Crippen molar-refractivity contribution in [3.8, 4) is 16.9 Å². The maximum Gasteiger partial charge on any atom is 0.332 e. The molecule has 1 unspecified atom stereocenters. The first kappa shape index (κ1) is 17.8. The van der Waals surface area contributed by atoms with Gasteiger partial charge in [0.05, 0.1) is 19.0 Å². The number of ether oxygens (including phenoxy) is 1. The van der Waals surface area contributed by atoms with Crippen LogP contribution in [0.1, 0.15) is 12.5 Å². The highest BCUT2D eigenvalue weighted by molar-refractivity contribution is 6.21. The smallest absolute Gasteiger partial charge is 0.332 e. The molecule has 1 aliphatic heterocycles. The molecule has 0 bridgehead atoms. The monoisotopic (exact) mass is 376 g/mol. The van der Waals surface area contributed by atoms with Gasteiger partial charge in [0, 0.05) is 18.3 Å². The fourth-order valence-electron chi connectivity index (χ4n) is 3.33. The first-order chi connectivity index (χ1) is 13.6. The van der Waals surface area contributed by atoms with Crippen molar-refractivity contribution >= 4 is 17.6 Å². The summed E-state index contributed by atoms with van der Waals surface area (Å²) in [7, 11) is 1.60. The van der Waals surface area contributed by atoms with Crippen molar-refractivity contribution in [1.82, 2.24) is 15.1 Å². The van der Waals surface area contributed by atoms with E-state index in [1.807, 2.05) is 36.4 Å². The van der Waals surface area contributed by atoms with E-state index in [0.717, 1.165) is 22.4 Å². The second-order valence-electron chi connectivity index (χ2n) is 6.65. The Hall–Kier alpha value is -3.61. The van der Waals surface area contributed by atoms with Crippen molar-refractivity contribution in [2.75, 3.05) is 12.0 Å². The average molecular weight is 376 g/mol. The summed E-state index contributed by atoms with van der Waals surface area (Å²) in [5.74, 6) is 0.485. The number of carbonyl (C=O) groups is 2. The van der Waals surface area contributed by atoms with Gasteiger partial charge in [-0.25, -0.2) is 9.69 Å². The highest BCUT2D eigenvalue weighted by atomic mass is 16.5. The Morgan fingerprint density at radius 2 is 1.89 bits per heavy atom. The third-order valence-electron chi connectivity index (χ3n) is 4.93.